The Morgan fingerprint density at radius 1 is 1.24 bits per heavy atom. The van der Waals surface area contributed by atoms with Crippen LogP contribution in [-0.4, -0.2) is 44.0 Å². The van der Waals surface area contributed by atoms with Crippen molar-refractivity contribution in [1.29, 1.82) is 0 Å². The van der Waals surface area contributed by atoms with E-state index in [0.717, 1.165) is 12.8 Å². The van der Waals surface area contributed by atoms with Crippen LogP contribution in [-0.2, 0) is 14.3 Å². The lowest BCUT2D eigenvalue weighted by Gasteiger charge is -2.34. The van der Waals surface area contributed by atoms with Crippen LogP contribution in [0, 0.1) is 17.8 Å². The molecule has 1 fully saturated rings. The van der Waals surface area contributed by atoms with Crippen LogP contribution in [0.3, 0.4) is 0 Å². The zero-order chi connectivity index (χ0) is 18.8. The van der Waals surface area contributed by atoms with Crippen molar-refractivity contribution in [2.45, 2.75) is 65.5 Å². The van der Waals surface area contributed by atoms with Gasteiger partial charge in [-0.2, -0.15) is 5.10 Å². The monoisotopic (exact) mass is 354 g/mol. The minimum atomic E-state index is -0.145. The quantitative estimate of drug-likeness (QED) is 0.240. The van der Waals surface area contributed by atoms with E-state index in [0.29, 0.717) is 25.4 Å². The van der Waals surface area contributed by atoms with Crippen LogP contribution in [0.15, 0.2) is 5.10 Å². The number of nitrogens with zero attached hydrogens (tertiary/aromatic N) is 1. The highest BCUT2D eigenvalue weighted by Crippen LogP contribution is 2.37. The molecule has 0 saturated heterocycles. The Morgan fingerprint density at radius 3 is 2.44 bits per heavy atom. The summed E-state index contributed by atoms with van der Waals surface area (Å²) >= 11 is 0. The molecule has 1 aliphatic rings. The molecule has 0 radical (unpaired) electrons. The minimum absolute atomic E-state index is 0.0286. The summed E-state index contributed by atoms with van der Waals surface area (Å²) in [5, 5.41) is 10.4. The molecule has 1 amide bonds. The molecule has 7 heteroatoms. The number of hydrazone groups is 1. The lowest BCUT2D eigenvalue weighted by Crippen LogP contribution is -2.49. The highest BCUT2D eigenvalue weighted by molar-refractivity contribution is 5.74. The second kappa shape index (κ2) is 10.9. The molecule has 0 spiro atoms. The molecule has 0 aromatic heterocycles. The second-order valence-corrected chi connectivity index (χ2v) is 6.64. The maximum absolute atomic E-state index is 12.2. The normalized spacial score (nSPS) is 24.3. The third-order valence-corrected chi connectivity index (χ3v) is 5.10. The number of nitrogens with one attached hydrogen (secondary N) is 3. The molecule has 0 bridgehead atoms. The molecule has 1 aliphatic carbocycles. The van der Waals surface area contributed by atoms with Crippen LogP contribution in [0.25, 0.3) is 0 Å². The maximum atomic E-state index is 12.2. The molecule has 0 aromatic rings. The van der Waals surface area contributed by atoms with Crippen LogP contribution in [0.4, 0.5) is 0 Å². The first-order chi connectivity index (χ1) is 12.0. The highest BCUT2D eigenvalue weighted by atomic mass is 16.5. The molecule has 0 aromatic carbocycles. The molecule has 3 N–H and O–H groups in total. The van der Waals surface area contributed by atoms with Gasteiger partial charge in [-0.3, -0.25) is 9.59 Å². The molecule has 7 nitrogen and oxygen atoms in total. The molecular weight excluding hydrogens is 320 g/mol. The summed E-state index contributed by atoms with van der Waals surface area (Å²) in [7, 11) is 1.73. The van der Waals surface area contributed by atoms with Gasteiger partial charge in [0, 0.05) is 32.0 Å². The predicted molar refractivity (Wildman–Crippen MR) is 99.0 cm³/mol. The van der Waals surface area contributed by atoms with E-state index in [9.17, 15) is 9.59 Å². The maximum Gasteiger partial charge on any atom is 0.309 e. The van der Waals surface area contributed by atoms with Crippen molar-refractivity contribution < 1.29 is 14.3 Å². The Labute approximate surface area is 151 Å². The second-order valence-electron chi connectivity index (χ2n) is 6.64. The molecule has 25 heavy (non-hydrogen) atoms. The van der Waals surface area contributed by atoms with E-state index in [1.165, 1.54) is 0 Å². The number of carbonyl (C=O) groups is 2. The fourth-order valence-corrected chi connectivity index (χ4v) is 3.91. The number of amides is 1. The van der Waals surface area contributed by atoms with Crippen molar-refractivity contribution in [3.8, 4) is 0 Å². The molecule has 0 heterocycles. The highest BCUT2D eigenvalue weighted by Gasteiger charge is 2.44. The largest absolute Gasteiger partial charge is 0.466 e. The zero-order valence-corrected chi connectivity index (χ0v) is 16.2. The first-order valence-electron chi connectivity index (χ1n) is 9.36. The van der Waals surface area contributed by atoms with E-state index in [1.807, 2.05) is 6.92 Å². The van der Waals surface area contributed by atoms with Crippen molar-refractivity contribution >= 4 is 18.2 Å². The fourth-order valence-electron chi connectivity index (χ4n) is 3.91. The average molecular weight is 354 g/mol. The van der Waals surface area contributed by atoms with Gasteiger partial charge in [-0.15, -0.1) is 0 Å². The van der Waals surface area contributed by atoms with Gasteiger partial charge in [0.25, 0.3) is 0 Å². The van der Waals surface area contributed by atoms with Gasteiger partial charge in [-0.1, -0.05) is 26.7 Å². The van der Waals surface area contributed by atoms with Crippen LogP contribution in [0.5, 0.6) is 0 Å². The minimum Gasteiger partial charge on any atom is -0.466 e. The van der Waals surface area contributed by atoms with E-state index in [2.05, 4.69) is 35.0 Å². The van der Waals surface area contributed by atoms with Gasteiger partial charge in [0.05, 0.1) is 12.5 Å². The van der Waals surface area contributed by atoms with Gasteiger partial charge < -0.3 is 20.8 Å². The van der Waals surface area contributed by atoms with Crippen LogP contribution < -0.4 is 16.1 Å². The van der Waals surface area contributed by atoms with Crippen LogP contribution >= 0.6 is 0 Å². The van der Waals surface area contributed by atoms with Crippen molar-refractivity contribution in [3.63, 3.8) is 0 Å². The average Bonchev–Trinajstić information content (AvgIpc) is 2.99. The van der Waals surface area contributed by atoms with E-state index < -0.39 is 0 Å². The lowest BCUT2D eigenvalue weighted by molar-refractivity contribution is -0.147. The van der Waals surface area contributed by atoms with Crippen molar-refractivity contribution in [2.24, 2.45) is 22.9 Å². The van der Waals surface area contributed by atoms with Gasteiger partial charge in [0.2, 0.25) is 5.91 Å². The SMILES string of the molecule is CCOC(=O)[C@@H]1C[C@@H]([C@@H](NC(C)=O)C(CC)CC)[C@H](NC=NNC)C1. The summed E-state index contributed by atoms with van der Waals surface area (Å²) in [6.07, 6.45) is 5.00. The Hall–Kier alpha value is -1.79. The number of hydrogen-bond acceptors (Lipinski definition) is 5. The third-order valence-electron chi connectivity index (χ3n) is 5.10. The van der Waals surface area contributed by atoms with Crippen molar-refractivity contribution in [1.82, 2.24) is 16.1 Å². The Bertz CT molecular complexity index is 452. The topological polar surface area (TPSA) is 91.8 Å². The summed E-state index contributed by atoms with van der Waals surface area (Å²) in [5.74, 6) is 0.218. The lowest BCUT2D eigenvalue weighted by atomic mass is 9.81. The molecule has 4 atom stereocenters. The first-order valence-corrected chi connectivity index (χ1v) is 9.36. The number of esters is 1. The zero-order valence-electron chi connectivity index (χ0n) is 16.2. The molecule has 0 unspecified atom stereocenters. The summed E-state index contributed by atoms with van der Waals surface area (Å²) in [5.41, 5.74) is 2.71. The number of carbonyl (C=O) groups excluding carboxylic acids is 2. The van der Waals surface area contributed by atoms with Gasteiger partial charge in [0.15, 0.2) is 0 Å². The summed E-state index contributed by atoms with van der Waals surface area (Å²) < 4.78 is 5.22. The fraction of sp³-hybridized carbons (Fsp3) is 0.833. The van der Waals surface area contributed by atoms with Crippen LogP contribution in [0.2, 0.25) is 0 Å². The Kier molecular flexibility index (Phi) is 9.31. The van der Waals surface area contributed by atoms with Gasteiger partial charge >= 0.3 is 5.97 Å². The molecule has 0 aliphatic heterocycles. The molecule has 1 saturated carbocycles. The third kappa shape index (κ3) is 6.21. The van der Waals surface area contributed by atoms with Gasteiger partial charge in [0.1, 0.15) is 6.34 Å². The van der Waals surface area contributed by atoms with E-state index in [1.54, 1.807) is 20.3 Å². The van der Waals surface area contributed by atoms with Gasteiger partial charge in [-0.25, -0.2) is 0 Å². The Balaban J connectivity index is 3.01. The van der Waals surface area contributed by atoms with E-state index >= 15 is 0 Å². The van der Waals surface area contributed by atoms with Crippen molar-refractivity contribution in [2.75, 3.05) is 13.7 Å². The van der Waals surface area contributed by atoms with Crippen molar-refractivity contribution in [3.05, 3.63) is 0 Å². The van der Waals surface area contributed by atoms with E-state index in [-0.39, 0.29) is 35.8 Å². The number of ether oxygens (including phenoxy) is 1. The van der Waals surface area contributed by atoms with E-state index in [4.69, 9.17) is 4.74 Å². The summed E-state index contributed by atoms with van der Waals surface area (Å²) in [6, 6.07) is 0.108. The summed E-state index contributed by atoms with van der Waals surface area (Å²) in [4.78, 5) is 24.0. The standard InChI is InChI=1S/C18H34N4O3/c1-6-13(7-2)17(22-12(4)23)15-9-14(18(24)25-8-3)10-16(15)20-11-21-19-5/h11,13-17,19H,6-10H2,1-5H3,(H,20,21)(H,22,23)/t14-,15-,16-,17+/m1/s1. The number of hydrogen-bond donors (Lipinski definition) is 3. The predicted octanol–water partition coefficient (Wildman–Crippen LogP) is 1.64. The Morgan fingerprint density at radius 2 is 1.92 bits per heavy atom. The smallest absolute Gasteiger partial charge is 0.309 e. The summed E-state index contributed by atoms with van der Waals surface area (Å²) in [6.45, 7) is 8.06. The molecular formula is C18H34N4O3. The van der Waals surface area contributed by atoms with Gasteiger partial charge in [-0.05, 0) is 25.7 Å². The number of rotatable bonds is 10. The first kappa shape index (κ1) is 21.3. The van der Waals surface area contributed by atoms with Crippen LogP contribution in [0.1, 0.15) is 53.4 Å². The molecule has 1 rings (SSSR count). The molecule has 144 valence electrons.